The van der Waals surface area contributed by atoms with E-state index in [2.05, 4.69) is 4.90 Å². The van der Waals surface area contributed by atoms with Gasteiger partial charge in [-0.25, -0.2) is 18.8 Å². The molecule has 1 aliphatic rings. The Morgan fingerprint density at radius 3 is 1.78 bits per heavy atom. The van der Waals surface area contributed by atoms with E-state index in [1.54, 1.807) is 52.3 Å². The Morgan fingerprint density at radius 2 is 1.31 bits per heavy atom. The quantitative estimate of drug-likeness (QED) is 0.170. The number of esters is 2. The predicted octanol–water partition coefficient (Wildman–Crippen LogP) is 4.72. The van der Waals surface area contributed by atoms with Crippen LogP contribution in [-0.4, -0.2) is 85.1 Å². The zero-order valence-corrected chi connectivity index (χ0v) is 31.1. The Balaban J connectivity index is 0.000000245. The summed E-state index contributed by atoms with van der Waals surface area (Å²) in [6.07, 6.45) is -2.39. The maximum atomic E-state index is 13.0. The maximum Gasteiger partial charge on any atom is 0.349 e. The highest BCUT2D eigenvalue weighted by atomic mass is 19.1. The van der Waals surface area contributed by atoms with Gasteiger partial charge < -0.3 is 44.0 Å². The monoisotopic (exact) mass is 758 g/mol. The largest absolute Gasteiger partial charge is 0.546 e. The number of aliphatic carboxylic acids is 2. The van der Waals surface area contributed by atoms with Gasteiger partial charge in [-0.2, -0.15) is 0 Å². The minimum atomic E-state index is -2.33. The first-order chi connectivity index (χ1) is 26.3. The van der Waals surface area contributed by atoms with Crippen LogP contribution in [0.5, 0.6) is 11.5 Å². The molecule has 0 bridgehead atoms. The molecule has 3 atom stereocenters. The number of para-hydroxylation sites is 1. The normalized spacial score (nSPS) is 14.7. The Bertz CT molecular complexity index is 1820. The highest BCUT2D eigenvalue weighted by Gasteiger charge is 2.37. The molecule has 0 unspecified atom stereocenters. The Hall–Kier alpha value is -5.79. The summed E-state index contributed by atoms with van der Waals surface area (Å²) < 4.78 is 33.3. The first-order valence-electron chi connectivity index (χ1n) is 17.7. The molecule has 5 rings (SSSR count). The Morgan fingerprint density at radius 1 is 0.782 bits per heavy atom. The van der Waals surface area contributed by atoms with Crippen molar-refractivity contribution in [2.75, 3.05) is 33.9 Å². The van der Waals surface area contributed by atoms with Gasteiger partial charge in [-0.1, -0.05) is 59.7 Å². The van der Waals surface area contributed by atoms with Gasteiger partial charge in [-0.15, -0.1) is 0 Å². The third-order valence-electron chi connectivity index (χ3n) is 9.25. The smallest absolute Gasteiger partial charge is 0.349 e. The number of halogens is 1. The topological polar surface area (TPSA) is 172 Å². The first kappa shape index (κ1) is 42.0. The Kier molecular flexibility index (Phi) is 15.3. The number of methoxy groups -OCH3 is 2. The number of aryl methyl sites for hydroxylation is 2. The number of ether oxygens (including phenoxy) is 4. The molecular weight excluding hydrogens is 713 g/mol. The number of carboxylic acids is 2. The molecule has 1 aliphatic heterocycles. The van der Waals surface area contributed by atoms with Crippen LogP contribution >= 0.6 is 0 Å². The Labute approximate surface area is 319 Å². The average molecular weight is 759 g/mol. The van der Waals surface area contributed by atoms with Crippen LogP contribution in [0, 0.1) is 25.6 Å². The van der Waals surface area contributed by atoms with Gasteiger partial charge in [0.05, 0.1) is 37.4 Å². The molecule has 1 heterocycles. The summed E-state index contributed by atoms with van der Waals surface area (Å²) >= 11 is 0. The van der Waals surface area contributed by atoms with E-state index in [-0.39, 0.29) is 22.9 Å². The number of carbonyl (C=O) groups excluding carboxylic acids is 3. The summed E-state index contributed by atoms with van der Waals surface area (Å²) in [6, 6.07) is 24.3. The molecule has 4 aromatic carbocycles. The van der Waals surface area contributed by atoms with Gasteiger partial charge >= 0.3 is 17.9 Å². The lowest BCUT2D eigenvalue weighted by molar-refractivity contribution is -0.317. The van der Waals surface area contributed by atoms with Gasteiger partial charge in [-0.05, 0) is 100 Å². The summed E-state index contributed by atoms with van der Waals surface area (Å²) in [6.45, 7) is 6.43. The molecule has 0 saturated carbocycles. The van der Waals surface area contributed by atoms with Gasteiger partial charge in [0.1, 0.15) is 5.82 Å². The number of aliphatic hydroxyl groups excluding tert-OH is 1. The van der Waals surface area contributed by atoms with Gasteiger partial charge in [0.25, 0.3) is 0 Å². The second-order valence-corrected chi connectivity index (χ2v) is 13.1. The molecule has 0 spiro atoms. The molecule has 0 radical (unpaired) electrons. The molecule has 12 nitrogen and oxygen atoms in total. The van der Waals surface area contributed by atoms with Crippen LogP contribution in [0.2, 0.25) is 0 Å². The lowest BCUT2D eigenvalue weighted by atomic mass is 9.87. The number of benzene rings is 4. The third kappa shape index (κ3) is 11.8. The molecule has 0 amide bonds. The number of hydrogen-bond acceptors (Lipinski definition) is 11. The molecule has 292 valence electrons. The molecule has 4 aromatic rings. The van der Waals surface area contributed by atoms with E-state index in [0.717, 1.165) is 61.2 Å². The molecule has 0 aromatic heterocycles. The zero-order valence-electron chi connectivity index (χ0n) is 31.1. The van der Waals surface area contributed by atoms with Crippen molar-refractivity contribution >= 4 is 23.9 Å². The minimum Gasteiger partial charge on any atom is -0.546 e. The van der Waals surface area contributed by atoms with E-state index in [9.17, 15) is 38.9 Å². The lowest BCUT2D eigenvalue weighted by Gasteiger charge is -2.34. The van der Waals surface area contributed by atoms with Crippen LogP contribution in [0.4, 0.5) is 4.39 Å². The van der Waals surface area contributed by atoms with Crippen molar-refractivity contribution in [1.29, 1.82) is 0 Å². The second kappa shape index (κ2) is 20.0. The molecule has 0 aliphatic carbocycles. The van der Waals surface area contributed by atoms with E-state index in [0.29, 0.717) is 11.5 Å². The van der Waals surface area contributed by atoms with Crippen LogP contribution < -0.4 is 14.6 Å². The van der Waals surface area contributed by atoms with E-state index < -0.39 is 42.2 Å². The lowest BCUT2D eigenvalue weighted by Crippen LogP contribution is -2.51. The number of hydrogen-bond donors (Lipinski definition) is 2. The summed E-state index contributed by atoms with van der Waals surface area (Å²) in [7, 11) is 3.21. The number of likely N-dealkylation sites (tertiary alicyclic amines) is 1. The number of carbonyl (C=O) groups is 4. The molecule has 55 heavy (non-hydrogen) atoms. The summed E-state index contributed by atoms with van der Waals surface area (Å²) in [5.41, 5.74) is 3.67. The zero-order chi connectivity index (χ0) is 40.1. The average Bonchev–Trinajstić information content (AvgIpc) is 3.19. The standard InChI is InChI=1S/C22H28FNO3.C20H18O8/c1-26-20-5-3-4-19(22(20)27-2)21(25)17-11-14-24(15-12-17)13-10-16-6-8-18(23)9-7-16;1-11-3-7-13(8-4-11)19(25)27-15(17(21)22)16(18(23)24)28-20(26)14-9-5-12(2)6-10-14/h3-9,17,21,25H,10-15H2,1-2H3;3-10,15-16H,1-2H3,(H,21,22)(H,23,24)/p-1/t21-;15-,16-/m00/s1. The number of aliphatic hydroxyl groups is 1. The molecule has 1 fully saturated rings. The maximum absolute atomic E-state index is 13.0. The number of piperidine rings is 1. The van der Waals surface area contributed by atoms with Crippen molar-refractivity contribution in [3.63, 3.8) is 0 Å². The molecular formula is C42H45FNO11-. The van der Waals surface area contributed by atoms with Gasteiger partial charge in [0.2, 0.25) is 6.10 Å². The van der Waals surface area contributed by atoms with Crippen molar-refractivity contribution in [2.24, 2.45) is 5.92 Å². The van der Waals surface area contributed by atoms with Crippen molar-refractivity contribution in [2.45, 2.75) is 51.4 Å². The van der Waals surface area contributed by atoms with Crippen molar-refractivity contribution in [3.8, 4) is 11.5 Å². The van der Waals surface area contributed by atoms with E-state index in [1.807, 2.05) is 30.3 Å². The second-order valence-electron chi connectivity index (χ2n) is 13.1. The summed E-state index contributed by atoms with van der Waals surface area (Å²) in [4.78, 5) is 49.6. The SMILES string of the molecule is COc1cccc([C@@H](O)C2CCN(CCc3ccc(F)cc3)CC2)c1OC.Cc1ccc(C(=O)O[C@H](C(=O)[O-])[C@H](OC(=O)c2ccc(C)cc2)C(=O)O)cc1. The number of rotatable bonds is 14. The molecule has 1 saturated heterocycles. The highest BCUT2D eigenvalue weighted by molar-refractivity contribution is 5.95. The summed E-state index contributed by atoms with van der Waals surface area (Å²) in [5, 5.41) is 31.6. The van der Waals surface area contributed by atoms with Crippen molar-refractivity contribution < 1.29 is 57.8 Å². The van der Waals surface area contributed by atoms with Crippen molar-refractivity contribution in [1.82, 2.24) is 4.90 Å². The van der Waals surface area contributed by atoms with E-state index in [4.69, 9.17) is 18.9 Å². The fourth-order valence-corrected chi connectivity index (χ4v) is 6.05. The van der Waals surface area contributed by atoms with E-state index >= 15 is 0 Å². The van der Waals surface area contributed by atoms with Gasteiger partial charge in [0, 0.05) is 12.1 Å². The fourth-order valence-electron chi connectivity index (χ4n) is 6.05. The molecule has 2 N–H and O–H groups in total. The van der Waals surface area contributed by atoms with Gasteiger partial charge in [-0.3, -0.25) is 0 Å². The number of nitrogens with zero attached hydrogens (tertiary/aromatic N) is 1. The fraction of sp³-hybridized carbons (Fsp3) is 0.333. The highest BCUT2D eigenvalue weighted by Crippen LogP contribution is 2.40. The van der Waals surface area contributed by atoms with Crippen LogP contribution in [0.15, 0.2) is 91.0 Å². The predicted molar refractivity (Wildman–Crippen MR) is 197 cm³/mol. The van der Waals surface area contributed by atoms with Crippen LogP contribution in [0.25, 0.3) is 0 Å². The van der Waals surface area contributed by atoms with Gasteiger partial charge in [0.15, 0.2) is 17.6 Å². The van der Waals surface area contributed by atoms with Crippen LogP contribution in [0.3, 0.4) is 0 Å². The minimum absolute atomic E-state index is 0.00542. The third-order valence-corrected chi connectivity index (χ3v) is 9.25. The number of carboxylic acid groups (broad SMARTS) is 2. The molecule has 13 heteroatoms. The van der Waals surface area contributed by atoms with E-state index in [1.165, 1.54) is 36.4 Å². The summed E-state index contributed by atoms with van der Waals surface area (Å²) in [5.74, 6) is -4.71. The van der Waals surface area contributed by atoms with Crippen LogP contribution in [0.1, 0.15) is 61.9 Å². The van der Waals surface area contributed by atoms with Crippen molar-refractivity contribution in [3.05, 3.63) is 130 Å². The van der Waals surface area contributed by atoms with Crippen LogP contribution in [-0.2, 0) is 25.5 Å². The first-order valence-corrected chi connectivity index (χ1v) is 17.7.